The Hall–Kier alpha value is -1.30. The first-order chi connectivity index (χ1) is 6.09. The molecule has 0 bridgehead atoms. The molecule has 1 rings (SSSR count). The molecule has 0 saturated carbocycles. The Balaban J connectivity index is 3.02. The van der Waals surface area contributed by atoms with Crippen molar-refractivity contribution in [1.82, 2.24) is 0 Å². The molecule has 0 spiro atoms. The lowest BCUT2D eigenvalue weighted by Crippen LogP contribution is -1.81. The van der Waals surface area contributed by atoms with E-state index in [2.05, 4.69) is 50.8 Å². The van der Waals surface area contributed by atoms with E-state index in [1.165, 1.54) is 16.7 Å². The summed E-state index contributed by atoms with van der Waals surface area (Å²) in [6, 6.07) is 8.51. The number of aryl methyl sites for hydroxylation is 1. The smallest absolute Gasteiger partial charge is 0.0225 e. The molecule has 0 N–H and O–H groups in total. The van der Waals surface area contributed by atoms with Gasteiger partial charge >= 0.3 is 0 Å². The van der Waals surface area contributed by atoms with Crippen molar-refractivity contribution in [1.29, 1.82) is 0 Å². The maximum absolute atomic E-state index is 3.87. The molecular weight excluding hydrogens is 156 g/mol. The number of hydrogen-bond acceptors (Lipinski definition) is 0. The summed E-state index contributed by atoms with van der Waals surface area (Å²) < 4.78 is 0. The molecule has 0 aliphatic rings. The lowest BCUT2D eigenvalue weighted by Gasteiger charge is -2.02. The van der Waals surface area contributed by atoms with Gasteiger partial charge in [-0.1, -0.05) is 48.1 Å². The first-order valence-corrected chi connectivity index (χ1v) is 4.50. The van der Waals surface area contributed by atoms with Crippen LogP contribution in [0.2, 0.25) is 0 Å². The highest BCUT2D eigenvalue weighted by atomic mass is 14.0. The van der Waals surface area contributed by atoms with Gasteiger partial charge in [0.1, 0.15) is 0 Å². The lowest BCUT2D eigenvalue weighted by atomic mass is 10.0. The summed E-state index contributed by atoms with van der Waals surface area (Å²) in [6.07, 6.45) is 2.11. The van der Waals surface area contributed by atoms with E-state index in [9.17, 15) is 0 Å². The SMILES string of the molecule is C=C(C)/C=C(\C)c1cccc(C)c1. The van der Waals surface area contributed by atoms with E-state index in [1.807, 2.05) is 6.92 Å². The largest absolute Gasteiger partial charge is 0.0961 e. The van der Waals surface area contributed by atoms with Crippen LogP contribution in [-0.4, -0.2) is 0 Å². The molecule has 0 atom stereocenters. The second kappa shape index (κ2) is 4.08. The van der Waals surface area contributed by atoms with Crippen LogP contribution >= 0.6 is 0 Å². The fourth-order valence-electron chi connectivity index (χ4n) is 1.34. The normalized spacial score (nSPS) is 11.5. The van der Waals surface area contributed by atoms with Crippen molar-refractivity contribution in [3.05, 3.63) is 53.6 Å². The number of rotatable bonds is 2. The van der Waals surface area contributed by atoms with Gasteiger partial charge in [-0.3, -0.25) is 0 Å². The summed E-state index contributed by atoms with van der Waals surface area (Å²) in [5, 5.41) is 0. The minimum Gasteiger partial charge on any atom is -0.0961 e. The molecule has 0 aliphatic heterocycles. The third-order valence-corrected chi connectivity index (χ3v) is 1.94. The Morgan fingerprint density at radius 1 is 1.31 bits per heavy atom. The summed E-state index contributed by atoms with van der Waals surface area (Å²) in [5.41, 5.74) is 4.95. The molecule has 0 heterocycles. The molecule has 0 nitrogen and oxygen atoms in total. The molecule has 1 aromatic carbocycles. The fraction of sp³-hybridized carbons (Fsp3) is 0.231. The number of allylic oxidation sites excluding steroid dienone is 3. The lowest BCUT2D eigenvalue weighted by molar-refractivity contribution is 1.43. The highest BCUT2D eigenvalue weighted by molar-refractivity contribution is 5.66. The van der Waals surface area contributed by atoms with Gasteiger partial charge in [0.25, 0.3) is 0 Å². The number of benzene rings is 1. The Labute approximate surface area is 80.6 Å². The molecular formula is C13H16. The molecule has 0 fully saturated rings. The predicted molar refractivity (Wildman–Crippen MR) is 59.6 cm³/mol. The molecule has 0 amide bonds. The standard InChI is InChI=1S/C13H16/c1-10(2)8-12(4)13-7-5-6-11(3)9-13/h5-9H,1H2,2-4H3/b12-8+. The van der Waals surface area contributed by atoms with Gasteiger partial charge in [-0.15, -0.1) is 0 Å². The van der Waals surface area contributed by atoms with E-state index in [1.54, 1.807) is 0 Å². The van der Waals surface area contributed by atoms with E-state index in [-0.39, 0.29) is 0 Å². The van der Waals surface area contributed by atoms with E-state index < -0.39 is 0 Å². The third kappa shape index (κ3) is 2.90. The molecule has 0 heteroatoms. The van der Waals surface area contributed by atoms with Gasteiger partial charge < -0.3 is 0 Å². The third-order valence-electron chi connectivity index (χ3n) is 1.94. The monoisotopic (exact) mass is 172 g/mol. The fourth-order valence-corrected chi connectivity index (χ4v) is 1.34. The van der Waals surface area contributed by atoms with Gasteiger partial charge in [-0.05, 0) is 31.9 Å². The van der Waals surface area contributed by atoms with Crippen molar-refractivity contribution in [2.24, 2.45) is 0 Å². The zero-order chi connectivity index (χ0) is 9.84. The summed E-state index contributed by atoms with van der Waals surface area (Å²) in [6.45, 7) is 10.1. The van der Waals surface area contributed by atoms with Gasteiger partial charge in [-0.25, -0.2) is 0 Å². The molecule has 13 heavy (non-hydrogen) atoms. The summed E-state index contributed by atoms with van der Waals surface area (Å²) in [5.74, 6) is 0. The van der Waals surface area contributed by atoms with Crippen LogP contribution in [0.3, 0.4) is 0 Å². The van der Waals surface area contributed by atoms with Crippen molar-refractivity contribution < 1.29 is 0 Å². The van der Waals surface area contributed by atoms with E-state index in [0.29, 0.717) is 0 Å². The van der Waals surface area contributed by atoms with Crippen molar-refractivity contribution in [2.45, 2.75) is 20.8 Å². The summed E-state index contributed by atoms with van der Waals surface area (Å²) >= 11 is 0. The average Bonchev–Trinajstić information content (AvgIpc) is 2.03. The van der Waals surface area contributed by atoms with Gasteiger partial charge in [-0.2, -0.15) is 0 Å². The van der Waals surface area contributed by atoms with Crippen molar-refractivity contribution in [3.63, 3.8) is 0 Å². The molecule has 0 unspecified atom stereocenters. The summed E-state index contributed by atoms with van der Waals surface area (Å²) in [7, 11) is 0. The quantitative estimate of drug-likeness (QED) is 0.592. The van der Waals surface area contributed by atoms with E-state index in [0.717, 1.165) is 5.57 Å². The van der Waals surface area contributed by atoms with Crippen LogP contribution in [0, 0.1) is 6.92 Å². The maximum Gasteiger partial charge on any atom is -0.0225 e. The van der Waals surface area contributed by atoms with E-state index in [4.69, 9.17) is 0 Å². The van der Waals surface area contributed by atoms with Crippen LogP contribution in [0.5, 0.6) is 0 Å². The molecule has 0 radical (unpaired) electrons. The molecule has 0 aromatic heterocycles. The van der Waals surface area contributed by atoms with Gasteiger partial charge in [0.05, 0.1) is 0 Å². The van der Waals surface area contributed by atoms with Gasteiger partial charge in [0, 0.05) is 0 Å². The Bertz CT molecular complexity index is 343. The van der Waals surface area contributed by atoms with Gasteiger partial charge in [0.15, 0.2) is 0 Å². The first kappa shape index (κ1) is 9.79. The minimum atomic E-state index is 1.10. The number of hydrogen-bond donors (Lipinski definition) is 0. The predicted octanol–water partition coefficient (Wildman–Crippen LogP) is 3.97. The topological polar surface area (TPSA) is 0 Å². The van der Waals surface area contributed by atoms with Crippen LogP contribution in [-0.2, 0) is 0 Å². The van der Waals surface area contributed by atoms with Crippen LogP contribution in [0.15, 0.2) is 42.5 Å². The van der Waals surface area contributed by atoms with Crippen LogP contribution in [0.4, 0.5) is 0 Å². The zero-order valence-electron chi connectivity index (χ0n) is 8.59. The molecule has 68 valence electrons. The molecule has 1 aromatic rings. The van der Waals surface area contributed by atoms with E-state index >= 15 is 0 Å². The Kier molecular flexibility index (Phi) is 3.07. The van der Waals surface area contributed by atoms with Gasteiger partial charge in [0.2, 0.25) is 0 Å². The highest BCUT2D eigenvalue weighted by Gasteiger charge is 1.94. The minimum absolute atomic E-state index is 1.10. The van der Waals surface area contributed by atoms with Crippen molar-refractivity contribution >= 4 is 5.57 Å². The van der Waals surface area contributed by atoms with Crippen molar-refractivity contribution in [3.8, 4) is 0 Å². The Morgan fingerprint density at radius 3 is 2.54 bits per heavy atom. The van der Waals surface area contributed by atoms with Crippen molar-refractivity contribution in [2.75, 3.05) is 0 Å². The summed E-state index contributed by atoms with van der Waals surface area (Å²) in [4.78, 5) is 0. The molecule has 0 aliphatic carbocycles. The highest BCUT2D eigenvalue weighted by Crippen LogP contribution is 2.16. The maximum atomic E-state index is 3.87. The average molecular weight is 172 g/mol. The zero-order valence-corrected chi connectivity index (χ0v) is 8.59. The second-order valence-electron chi connectivity index (χ2n) is 3.54. The molecule has 0 saturated heterocycles. The Morgan fingerprint density at radius 2 is 2.00 bits per heavy atom. The van der Waals surface area contributed by atoms with Crippen LogP contribution < -0.4 is 0 Å². The second-order valence-corrected chi connectivity index (χ2v) is 3.54. The van der Waals surface area contributed by atoms with Crippen LogP contribution in [0.25, 0.3) is 5.57 Å². The first-order valence-electron chi connectivity index (χ1n) is 4.50. The van der Waals surface area contributed by atoms with Crippen LogP contribution in [0.1, 0.15) is 25.0 Å².